The van der Waals surface area contributed by atoms with Crippen molar-refractivity contribution in [2.45, 2.75) is 6.04 Å². The van der Waals surface area contributed by atoms with Crippen LogP contribution in [0.15, 0.2) is 48.5 Å². The lowest BCUT2D eigenvalue weighted by molar-refractivity contribution is -0.118. The van der Waals surface area contributed by atoms with Crippen molar-refractivity contribution in [3.8, 4) is 5.75 Å². The summed E-state index contributed by atoms with van der Waals surface area (Å²) in [7, 11) is 1.55. The Kier molecular flexibility index (Phi) is 4.48. The molecule has 0 aromatic heterocycles. The molecule has 0 spiro atoms. The molecule has 0 aliphatic rings. The number of amides is 1. The number of carbonyl (C=O) groups excluding carboxylic acids is 1. The van der Waals surface area contributed by atoms with E-state index < -0.39 is 11.9 Å². The largest absolute Gasteiger partial charge is 0.495 e. The van der Waals surface area contributed by atoms with Crippen LogP contribution in [0.2, 0.25) is 5.02 Å². The van der Waals surface area contributed by atoms with Crippen LogP contribution in [-0.2, 0) is 4.79 Å². The van der Waals surface area contributed by atoms with Crippen molar-refractivity contribution < 1.29 is 9.53 Å². The molecule has 0 saturated carbocycles. The third kappa shape index (κ3) is 3.22. The molecule has 20 heavy (non-hydrogen) atoms. The van der Waals surface area contributed by atoms with Crippen LogP contribution in [0, 0.1) is 0 Å². The number of nitrogens with one attached hydrogen (secondary N) is 1. The summed E-state index contributed by atoms with van der Waals surface area (Å²) in [5.74, 6) is 0.121. The standard InChI is InChI=1S/C15H15ClN2O2/c1-20-13-8-7-11(9-12(13)16)18-14(15(17)19)10-5-3-2-4-6-10/h2-9,14,18H,1H3,(H2,17,19)/t14-/m1/s1. The van der Waals surface area contributed by atoms with E-state index in [1.165, 1.54) is 0 Å². The van der Waals surface area contributed by atoms with Gasteiger partial charge in [0, 0.05) is 5.69 Å². The summed E-state index contributed by atoms with van der Waals surface area (Å²) in [6.45, 7) is 0. The van der Waals surface area contributed by atoms with Crippen LogP contribution < -0.4 is 15.8 Å². The van der Waals surface area contributed by atoms with Crippen molar-refractivity contribution in [1.82, 2.24) is 0 Å². The van der Waals surface area contributed by atoms with E-state index in [2.05, 4.69) is 5.32 Å². The number of methoxy groups -OCH3 is 1. The van der Waals surface area contributed by atoms with E-state index in [-0.39, 0.29) is 0 Å². The van der Waals surface area contributed by atoms with Gasteiger partial charge in [0.15, 0.2) is 0 Å². The van der Waals surface area contributed by atoms with Gasteiger partial charge in [-0.2, -0.15) is 0 Å². The minimum atomic E-state index is -0.610. The fourth-order valence-corrected chi connectivity index (χ4v) is 2.14. The summed E-state index contributed by atoms with van der Waals surface area (Å²) >= 11 is 6.06. The second kappa shape index (κ2) is 6.30. The molecule has 2 aromatic rings. The van der Waals surface area contributed by atoms with Crippen LogP contribution in [0.5, 0.6) is 5.75 Å². The number of hydrogen-bond acceptors (Lipinski definition) is 3. The molecular weight excluding hydrogens is 276 g/mol. The van der Waals surface area contributed by atoms with E-state index in [1.807, 2.05) is 30.3 Å². The van der Waals surface area contributed by atoms with Gasteiger partial charge in [-0.05, 0) is 23.8 Å². The molecule has 0 unspecified atom stereocenters. The second-order valence-electron chi connectivity index (χ2n) is 4.24. The fourth-order valence-electron chi connectivity index (χ4n) is 1.89. The first-order valence-electron chi connectivity index (χ1n) is 6.06. The highest BCUT2D eigenvalue weighted by Gasteiger charge is 2.17. The first kappa shape index (κ1) is 14.2. The predicted molar refractivity (Wildman–Crippen MR) is 80.0 cm³/mol. The number of benzene rings is 2. The van der Waals surface area contributed by atoms with E-state index in [0.29, 0.717) is 16.5 Å². The Morgan fingerprint density at radius 1 is 1.25 bits per heavy atom. The second-order valence-corrected chi connectivity index (χ2v) is 4.65. The molecule has 5 heteroatoms. The smallest absolute Gasteiger partial charge is 0.244 e. The molecule has 0 radical (unpaired) electrons. The van der Waals surface area contributed by atoms with Gasteiger partial charge in [-0.1, -0.05) is 41.9 Å². The number of rotatable bonds is 5. The van der Waals surface area contributed by atoms with Gasteiger partial charge in [0.25, 0.3) is 0 Å². The Morgan fingerprint density at radius 2 is 1.95 bits per heavy atom. The first-order valence-corrected chi connectivity index (χ1v) is 6.44. The SMILES string of the molecule is COc1ccc(N[C@@H](C(N)=O)c2ccccc2)cc1Cl. The number of nitrogens with two attached hydrogens (primary N) is 1. The maximum atomic E-state index is 11.6. The molecule has 2 rings (SSSR count). The maximum Gasteiger partial charge on any atom is 0.244 e. The third-order valence-corrected chi connectivity index (χ3v) is 3.18. The number of carbonyl (C=O) groups is 1. The van der Waals surface area contributed by atoms with Crippen LogP contribution in [0.25, 0.3) is 0 Å². The fraction of sp³-hybridized carbons (Fsp3) is 0.133. The van der Waals surface area contributed by atoms with E-state index >= 15 is 0 Å². The highest BCUT2D eigenvalue weighted by atomic mass is 35.5. The van der Waals surface area contributed by atoms with Crippen molar-refractivity contribution in [3.05, 3.63) is 59.1 Å². The Morgan fingerprint density at radius 3 is 2.50 bits per heavy atom. The van der Waals surface area contributed by atoms with Crippen molar-refractivity contribution in [2.75, 3.05) is 12.4 Å². The quantitative estimate of drug-likeness (QED) is 0.890. The number of ether oxygens (including phenoxy) is 1. The lowest BCUT2D eigenvalue weighted by Gasteiger charge is -2.17. The van der Waals surface area contributed by atoms with Gasteiger partial charge in [-0.3, -0.25) is 4.79 Å². The molecule has 3 N–H and O–H groups in total. The van der Waals surface area contributed by atoms with Crippen LogP contribution in [0.1, 0.15) is 11.6 Å². The van der Waals surface area contributed by atoms with Crippen molar-refractivity contribution in [1.29, 1.82) is 0 Å². The van der Waals surface area contributed by atoms with Gasteiger partial charge in [-0.25, -0.2) is 0 Å². The van der Waals surface area contributed by atoms with E-state index in [4.69, 9.17) is 22.1 Å². The third-order valence-electron chi connectivity index (χ3n) is 2.88. The normalized spacial score (nSPS) is 11.7. The average molecular weight is 291 g/mol. The van der Waals surface area contributed by atoms with E-state index in [1.54, 1.807) is 25.3 Å². The van der Waals surface area contributed by atoms with Gasteiger partial charge < -0.3 is 15.8 Å². The summed E-state index contributed by atoms with van der Waals surface area (Å²) in [4.78, 5) is 11.6. The number of primary amides is 1. The zero-order valence-corrected chi connectivity index (χ0v) is 11.7. The molecule has 0 bridgehead atoms. The van der Waals surface area contributed by atoms with Crippen molar-refractivity contribution in [3.63, 3.8) is 0 Å². The molecule has 0 heterocycles. The highest BCUT2D eigenvalue weighted by Crippen LogP contribution is 2.29. The lowest BCUT2D eigenvalue weighted by Crippen LogP contribution is -2.27. The minimum absolute atomic E-state index is 0.455. The van der Waals surface area contributed by atoms with Gasteiger partial charge in [0.1, 0.15) is 11.8 Å². The number of hydrogen-bond donors (Lipinski definition) is 2. The molecule has 0 aliphatic carbocycles. The van der Waals surface area contributed by atoms with Crippen LogP contribution in [-0.4, -0.2) is 13.0 Å². The molecular formula is C15H15ClN2O2. The average Bonchev–Trinajstić information content (AvgIpc) is 2.45. The summed E-state index contributed by atoms with van der Waals surface area (Å²) in [6, 6.07) is 13.9. The van der Waals surface area contributed by atoms with Gasteiger partial charge >= 0.3 is 0 Å². The molecule has 1 amide bonds. The van der Waals surface area contributed by atoms with Crippen LogP contribution in [0.4, 0.5) is 5.69 Å². The Balaban J connectivity index is 2.25. The Bertz CT molecular complexity index is 602. The molecule has 104 valence electrons. The first-order chi connectivity index (χ1) is 9.61. The number of anilines is 1. The Hall–Kier alpha value is -2.20. The summed E-state index contributed by atoms with van der Waals surface area (Å²) < 4.78 is 5.09. The monoisotopic (exact) mass is 290 g/mol. The summed E-state index contributed by atoms with van der Waals surface area (Å²) in [6.07, 6.45) is 0. The molecule has 0 fully saturated rings. The zero-order chi connectivity index (χ0) is 14.5. The molecule has 0 saturated heterocycles. The van der Waals surface area contributed by atoms with Crippen molar-refractivity contribution >= 4 is 23.2 Å². The van der Waals surface area contributed by atoms with Crippen molar-refractivity contribution in [2.24, 2.45) is 5.73 Å². The zero-order valence-electron chi connectivity index (χ0n) is 11.0. The highest BCUT2D eigenvalue weighted by molar-refractivity contribution is 6.32. The van der Waals surface area contributed by atoms with E-state index in [9.17, 15) is 4.79 Å². The van der Waals surface area contributed by atoms with Crippen LogP contribution >= 0.6 is 11.6 Å². The minimum Gasteiger partial charge on any atom is -0.495 e. The Labute approximate surface area is 122 Å². The molecule has 1 atom stereocenters. The molecule has 4 nitrogen and oxygen atoms in total. The maximum absolute atomic E-state index is 11.6. The topological polar surface area (TPSA) is 64.3 Å². The molecule has 2 aromatic carbocycles. The summed E-state index contributed by atoms with van der Waals surface area (Å²) in [5, 5.41) is 3.54. The summed E-state index contributed by atoms with van der Waals surface area (Å²) in [5.41, 5.74) is 6.95. The molecule has 0 aliphatic heterocycles. The predicted octanol–water partition coefficient (Wildman–Crippen LogP) is 2.99. The van der Waals surface area contributed by atoms with Gasteiger partial charge in [0.2, 0.25) is 5.91 Å². The number of halogens is 1. The van der Waals surface area contributed by atoms with Crippen LogP contribution in [0.3, 0.4) is 0 Å². The lowest BCUT2D eigenvalue weighted by atomic mass is 10.1. The van der Waals surface area contributed by atoms with E-state index in [0.717, 1.165) is 5.56 Å². The van der Waals surface area contributed by atoms with Gasteiger partial charge in [-0.15, -0.1) is 0 Å². The van der Waals surface area contributed by atoms with Gasteiger partial charge in [0.05, 0.1) is 12.1 Å².